The lowest BCUT2D eigenvalue weighted by Gasteiger charge is -2.35. The van der Waals surface area contributed by atoms with Gasteiger partial charge in [0.1, 0.15) is 0 Å². The van der Waals surface area contributed by atoms with E-state index < -0.39 is 16.1 Å². The van der Waals surface area contributed by atoms with Crippen LogP contribution in [0.4, 0.5) is 10.5 Å². The highest BCUT2D eigenvalue weighted by molar-refractivity contribution is 7.90. The minimum atomic E-state index is -3.68. The molecule has 1 aliphatic heterocycles. The average molecular weight is 446 g/mol. The Morgan fingerprint density at radius 2 is 1.77 bits per heavy atom. The normalized spacial score (nSPS) is 25.5. The minimum absolute atomic E-state index is 0.0108. The molecule has 3 aliphatic carbocycles. The number of hydrogen-bond acceptors (Lipinski definition) is 4. The number of sulfonamides is 1. The lowest BCUT2D eigenvalue weighted by atomic mass is 9.95. The number of urea groups is 1. The second kappa shape index (κ2) is 8.07. The third-order valence-corrected chi connectivity index (χ3v) is 9.19. The molecule has 0 bridgehead atoms. The number of carbonyl (C=O) groups is 1. The van der Waals surface area contributed by atoms with E-state index in [9.17, 15) is 13.2 Å². The van der Waals surface area contributed by atoms with E-state index in [1.807, 2.05) is 0 Å². The fraction of sp³-hybridized carbons (Fsp3) is 0.708. The van der Waals surface area contributed by atoms with Crippen molar-refractivity contribution in [3.05, 3.63) is 28.3 Å². The number of nitrogens with one attached hydrogen (secondary N) is 2. The van der Waals surface area contributed by atoms with E-state index in [0.29, 0.717) is 6.42 Å². The van der Waals surface area contributed by atoms with Crippen molar-refractivity contribution in [1.29, 1.82) is 0 Å². The molecule has 170 valence electrons. The van der Waals surface area contributed by atoms with Gasteiger partial charge in [0.15, 0.2) is 0 Å². The van der Waals surface area contributed by atoms with Gasteiger partial charge in [-0.3, -0.25) is 4.90 Å². The molecule has 0 unspecified atom stereocenters. The van der Waals surface area contributed by atoms with Crippen LogP contribution in [-0.4, -0.2) is 43.7 Å². The molecule has 1 aromatic rings. The van der Waals surface area contributed by atoms with Crippen LogP contribution in [0.15, 0.2) is 6.07 Å². The standard InChI is InChI=1S/C24H35N3O3S/c1-24(11-4-13-27(24)16-17-9-10-17)12-14-31(29,30)26-23(28)25-22-20-7-2-5-18(20)15-19-6-3-8-21(19)22/h15,17H,2-14,16H2,1H3,(H2,25,26,28)/t24-/m1/s1. The van der Waals surface area contributed by atoms with E-state index in [2.05, 4.69) is 27.9 Å². The highest BCUT2D eigenvalue weighted by Gasteiger charge is 2.40. The van der Waals surface area contributed by atoms with Gasteiger partial charge in [-0.05, 0) is 112 Å². The van der Waals surface area contributed by atoms with E-state index in [4.69, 9.17) is 0 Å². The van der Waals surface area contributed by atoms with Gasteiger partial charge >= 0.3 is 6.03 Å². The number of fused-ring (bicyclic) bond motifs is 2. The predicted octanol–water partition coefficient (Wildman–Crippen LogP) is 3.77. The number of hydrogen-bond donors (Lipinski definition) is 2. The molecule has 0 spiro atoms. The average Bonchev–Trinajstić information content (AvgIpc) is 3.08. The number of likely N-dealkylation sites (tertiary alicyclic amines) is 1. The molecule has 2 N–H and O–H groups in total. The summed E-state index contributed by atoms with van der Waals surface area (Å²) in [4.78, 5) is 15.2. The van der Waals surface area contributed by atoms with E-state index >= 15 is 0 Å². The van der Waals surface area contributed by atoms with Crippen LogP contribution >= 0.6 is 0 Å². The summed E-state index contributed by atoms with van der Waals surface area (Å²) < 4.78 is 27.8. The van der Waals surface area contributed by atoms with Crippen molar-refractivity contribution in [3.63, 3.8) is 0 Å². The molecule has 2 fully saturated rings. The highest BCUT2D eigenvalue weighted by Crippen LogP contribution is 2.39. The first-order chi connectivity index (χ1) is 14.8. The zero-order valence-electron chi connectivity index (χ0n) is 18.6. The SMILES string of the molecule is C[C@]1(CCS(=O)(=O)NC(=O)Nc2c3c(cc4c2CCC4)CCC3)CCCN1CC1CC1. The maximum atomic E-state index is 12.7. The summed E-state index contributed by atoms with van der Waals surface area (Å²) in [5.74, 6) is 0.788. The zero-order valence-corrected chi connectivity index (χ0v) is 19.5. The molecular formula is C24H35N3O3S. The molecule has 1 atom stereocenters. The third-order valence-electron chi connectivity index (χ3n) is 7.95. The predicted molar refractivity (Wildman–Crippen MR) is 123 cm³/mol. The zero-order chi connectivity index (χ0) is 21.6. The lowest BCUT2D eigenvalue weighted by Crippen LogP contribution is -2.45. The Hall–Kier alpha value is -1.60. The van der Waals surface area contributed by atoms with Crippen LogP contribution in [0.3, 0.4) is 0 Å². The van der Waals surface area contributed by atoms with Gasteiger partial charge in [-0.15, -0.1) is 0 Å². The van der Waals surface area contributed by atoms with Crippen LogP contribution in [0.1, 0.15) is 74.1 Å². The quantitative estimate of drug-likeness (QED) is 0.670. The van der Waals surface area contributed by atoms with Gasteiger partial charge in [0, 0.05) is 17.8 Å². The summed E-state index contributed by atoms with van der Waals surface area (Å²) >= 11 is 0. The fourth-order valence-corrected chi connectivity index (χ4v) is 7.08. The maximum Gasteiger partial charge on any atom is 0.332 e. The van der Waals surface area contributed by atoms with Crippen molar-refractivity contribution < 1.29 is 13.2 Å². The van der Waals surface area contributed by atoms with Gasteiger partial charge in [-0.2, -0.15) is 0 Å². The van der Waals surface area contributed by atoms with Gasteiger partial charge in [0.2, 0.25) is 10.0 Å². The summed E-state index contributed by atoms with van der Waals surface area (Å²) in [5, 5.41) is 2.94. The number of carbonyl (C=O) groups excluding carboxylic acids is 1. The molecule has 1 heterocycles. The molecule has 6 nitrogen and oxygen atoms in total. The summed E-state index contributed by atoms with van der Waals surface area (Å²) in [7, 11) is -3.68. The number of aryl methyl sites for hydroxylation is 2. The molecule has 31 heavy (non-hydrogen) atoms. The van der Waals surface area contributed by atoms with Gasteiger partial charge in [-0.1, -0.05) is 6.07 Å². The van der Waals surface area contributed by atoms with E-state index in [0.717, 1.165) is 76.1 Å². The van der Waals surface area contributed by atoms with Crippen LogP contribution in [0, 0.1) is 5.92 Å². The topological polar surface area (TPSA) is 78.5 Å². The minimum Gasteiger partial charge on any atom is -0.307 e. The summed E-state index contributed by atoms with van der Waals surface area (Å²) in [5.41, 5.74) is 5.88. The Morgan fingerprint density at radius 3 is 2.42 bits per heavy atom. The van der Waals surface area contributed by atoms with Crippen LogP contribution in [-0.2, 0) is 35.7 Å². The Morgan fingerprint density at radius 1 is 1.10 bits per heavy atom. The Balaban J connectivity index is 1.23. The first-order valence-corrected chi connectivity index (χ1v) is 13.7. The molecule has 2 amide bonds. The molecule has 0 aromatic heterocycles. The largest absolute Gasteiger partial charge is 0.332 e. The second-order valence-electron chi connectivity index (χ2n) is 10.3. The van der Waals surface area contributed by atoms with Crippen LogP contribution in [0.5, 0.6) is 0 Å². The van der Waals surface area contributed by atoms with E-state index in [1.54, 1.807) is 0 Å². The summed E-state index contributed by atoms with van der Waals surface area (Å²) in [6.07, 6.45) is 11.6. The Labute approximate surface area is 186 Å². The fourth-order valence-electron chi connectivity index (χ4n) is 5.94. The van der Waals surface area contributed by atoms with Crippen LogP contribution < -0.4 is 10.0 Å². The van der Waals surface area contributed by atoms with Crippen molar-refractivity contribution in [2.75, 3.05) is 24.2 Å². The van der Waals surface area contributed by atoms with E-state index in [-0.39, 0.29) is 11.3 Å². The van der Waals surface area contributed by atoms with Crippen molar-refractivity contribution in [1.82, 2.24) is 9.62 Å². The van der Waals surface area contributed by atoms with Gasteiger partial charge < -0.3 is 5.32 Å². The third kappa shape index (κ3) is 4.49. The first kappa shape index (κ1) is 21.3. The molecule has 7 heteroatoms. The number of rotatable bonds is 7. The molecule has 4 aliphatic rings. The van der Waals surface area contributed by atoms with Crippen molar-refractivity contribution in [2.24, 2.45) is 5.92 Å². The number of benzene rings is 1. The highest BCUT2D eigenvalue weighted by atomic mass is 32.2. The Kier molecular flexibility index (Phi) is 5.53. The molecule has 0 radical (unpaired) electrons. The molecule has 1 saturated heterocycles. The second-order valence-corrected chi connectivity index (χ2v) is 12.2. The van der Waals surface area contributed by atoms with Crippen molar-refractivity contribution >= 4 is 21.7 Å². The van der Waals surface area contributed by atoms with Crippen molar-refractivity contribution in [3.8, 4) is 0 Å². The first-order valence-electron chi connectivity index (χ1n) is 12.1. The lowest BCUT2D eigenvalue weighted by molar-refractivity contribution is 0.145. The van der Waals surface area contributed by atoms with E-state index in [1.165, 1.54) is 35.1 Å². The summed E-state index contributed by atoms with van der Waals surface area (Å²) in [6, 6.07) is 1.70. The Bertz CT molecular complexity index is 954. The maximum absolute atomic E-state index is 12.7. The molecular weight excluding hydrogens is 410 g/mol. The smallest absolute Gasteiger partial charge is 0.307 e. The summed E-state index contributed by atoms with van der Waals surface area (Å²) in [6.45, 7) is 4.34. The number of anilines is 1. The van der Waals surface area contributed by atoms with Crippen LogP contribution in [0.2, 0.25) is 0 Å². The van der Waals surface area contributed by atoms with Gasteiger partial charge in [-0.25, -0.2) is 17.9 Å². The van der Waals surface area contributed by atoms with Crippen LogP contribution in [0.25, 0.3) is 0 Å². The van der Waals surface area contributed by atoms with Gasteiger partial charge in [0.05, 0.1) is 5.75 Å². The monoisotopic (exact) mass is 445 g/mol. The molecule has 1 saturated carbocycles. The molecule has 1 aromatic carbocycles. The van der Waals surface area contributed by atoms with Crippen molar-refractivity contribution in [2.45, 2.75) is 83.1 Å². The van der Waals surface area contributed by atoms with Gasteiger partial charge in [0.25, 0.3) is 0 Å². The molecule has 5 rings (SSSR count). The number of amides is 2. The number of nitrogens with zero attached hydrogens (tertiary/aromatic N) is 1.